The van der Waals surface area contributed by atoms with Gasteiger partial charge in [-0.05, 0) is 34.7 Å². The number of halogens is 1. The van der Waals surface area contributed by atoms with Crippen LogP contribution in [0.5, 0.6) is 0 Å². The normalized spacial score (nSPS) is 19.8. The van der Waals surface area contributed by atoms with Gasteiger partial charge < -0.3 is 9.15 Å². The van der Waals surface area contributed by atoms with Gasteiger partial charge in [0.15, 0.2) is 0 Å². The molecule has 0 aromatic carbocycles. The first kappa shape index (κ1) is 8.32. The fourth-order valence-electron chi connectivity index (χ4n) is 1.59. The molecule has 1 aromatic rings. The van der Waals surface area contributed by atoms with E-state index in [1.807, 2.05) is 6.26 Å². The van der Waals surface area contributed by atoms with Crippen LogP contribution in [0.15, 0.2) is 21.4 Å². The Labute approximate surface area is 80.0 Å². The molecule has 0 aliphatic carbocycles. The number of ether oxygens (including phenoxy) is 1. The third kappa shape index (κ3) is 1.57. The van der Waals surface area contributed by atoms with Crippen molar-refractivity contribution in [3.63, 3.8) is 0 Å². The molecular weight excluding hydrogens is 220 g/mol. The summed E-state index contributed by atoms with van der Waals surface area (Å²) < 4.78 is 11.5. The van der Waals surface area contributed by atoms with Crippen molar-refractivity contribution in [1.82, 2.24) is 0 Å². The molecule has 0 unspecified atom stereocenters. The molecule has 0 atom stereocenters. The molecule has 0 spiro atoms. The molecule has 0 N–H and O–H groups in total. The average molecular weight is 231 g/mol. The van der Waals surface area contributed by atoms with Crippen LogP contribution in [-0.4, -0.2) is 13.2 Å². The van der Waals surface area contributed by atoms with E-state index >= 15 is 0 Å². The van der Waals surface area contributed by atoms with Crippen LogP contribution in [0.25, 0.3) is 0 Å². The van der Waals surface area contributed by atoms with Crippen LogP contribution in [0.3, 0.4) is 0 Å². The van der Waals surface area contributed by atoms with Crippen molar-refractivity contribution in [3.8, 4) is 0 Å². The second-order valence-electron chi connectivity index (χ2n) is 3.06. The van der Waals surface area contributed by atoms with Gasteiger partial charge in [-0.1, -0.05) is 0 Å². The van der Waals surface area contributed by atoms with Gasteiger partial charge in [-0.15, -0.1) is 0 Å². The Morgan fingerprint density at radius 2 is 2.00 bits per heavy atom. The summed E-state index contributed by atoms with van der Waals surface area (Å²) in [5, 5.41) is 0. The number of rotatable bonds is 1. The summed E-state index contributed by atoms with van der Waals surface area (Å²) in [6.45, 7) is 1.75. The van der Waals surface area contributed by atoms with Gasteiger partial charge in [0, 0.05) is 18.8 Å². The maximum Gasteiger partial charge on any atom is 0.105 e. The molecule has 1 aliphatic heterocycles. The van der Waals surface area contributed by atoms with Crippen LogP contribution in [0.2, 0.25) is 0 Å². The van der Waals surface area contributed by atoms with Gasteiger partial charge in [0.2, 0.25) is 0 Å². The minimum absolute atomic E-state index is 0.617. The fraction of sp³-hybridized carbons (Fsp3) is 0.556. The molecule has 3 heteroatoms. The Bertz CT molecular complexity index is 251. The molecule has 12 heavy (non-hydrogen) atoms. The smallest absolute Gasteiger partial charge is 0.105 e. The lowest BCUT2D eigenvalue weighted by molar-refractivity contribution is 0.0851. The third-order valence-corrected chi connectivity index (χ3v) is 2.95. The van der Waals surface area contributed by atoms with Crippen molar-refractivity contribution in [2.45, 2.75) is 18.8 Å². The second kappa shape index (κ2) is 3.62. The maximum absolute atomic E-state index is 5.29. The lowest BCUT2D eigenvalue weighted by Crippen LogP contribution is -2.13. The van der Waals surface area contributed by atoms with Gasteiger partial charge in [-0.2, -0.15) is 0 Å². The summed E-state index contributed by atoms with van der Waals surface area (Å²) in [5.74, 6) is 0.617. The fourth-order valence-corrected chi connectivity index (χ4v) is 2.12. The van der Waals surface area contributed by atoms with Crippen LogP contribution in [0, 0.1) is 0 Å². The van der Waals surface area contributed by atoms with Crippen molar-refractivity contribution in [3.05, 3.63) is 22.6 Å². The van der Waals surface area contributed by atoms with Crippen molar-refractivity contribution >= 4 is 15.9 Å². The van der Waals surface area contributed by atoms with E-state index in [1.54, 1.807) is 6.26 Å². The molecule has 1 aromatic heterocycles. The topological polar surface area (TPSA) is 22.4 Å². The van der Waals surface area contributed by atoms with Crippen LogP contribution < -0.4 is 0 Å². The van der Waals surface area contributed by atoms with Crippen molar-refractivity contribution in [2.75, 3.05) is 13.2 Å². The molecule has 0 bridgehead atoms. The Hall–Kier alpha value is -0.280. The minimum atomic E-state index is 0.617. The highest BCUT2D eigenvalue weighted by Crippen LogP contribution is 2.32. The maximum atomic E-state index is 5.29. The van der Waals surface area contributed by atoms with Crippen LogP contribution in [0.1, 0.15) is 24.3 Å². The van der Waals surface area contributed by atoms with Gasteiger partial charge in [-0.3, -0.25) is 0 Å². The van der Waals surface area contributed by atoms with Gasteiger partial charge in [0.1, 0.15) is 6.26 Å². The van der Waals surface area contributed by atoms with Gasteiger partial charge in [0.25, 0.3) is 0 Å². The third-order valence-electron chi connectivity index (χ3n) is 2.30. The second-order valence-corrected chi connectivity index (χ2v) is 3.92. The Balaban J connectivity index is 2.13. The van der Waals surface area contributed by atoms with E-state index in [0.717, 1.165) is 30.5 Å². The van der Waals surface area contributed by atoms with E-state index in [0.29, 0.717) is 5.92 Å². The van der Waals surface area contributed by atoms with Crippen LogP contribution >= 0.6 is 15.9 Å². The van der Waals surface area contributed by atoms with E-state index in [4.69, 9.17) is 9.15 Å². The molecule has 0 saturated carbocycles. The SMILES string of the molecule is Brc1cocc1C1CCOCC1. The van der Waals surface area contributed by atoms with E-state index in [9.17, 15) is 0 Å². The quantitative estimate of drug-likeness (QED) is 0.741. The standard InChI is InChI=1S/C9H11BrO2/c10-9-6-12-5-8(9)7-1-3-11-4-2-7/h5-7H,1-4H2. The van der Waals surface area contributed by atoms with E-state index in [1.165, 1.54) is 5.56 Å². The Morgan fingerprint density at radius 1 is 1.25 bits per heavy atom. The lowest BCUT2D eigenvalue weighted by Gasteiger charge is -2.20. The number of hydrogen-bond acceptors (Lipinski definition) is 2. The first-order valence-corrected chi connectivity index (χ1v) is 4.96. The minimum Gasteiger partial charge on any atom is -0.471 e. The van der Waals surface area contributed by atoms with Crippen molar-refractivity contribution in [1.29, 1.82) is 0 Å². The van der Waals surface area contributed by atoms with E-state index in [-0.39, 0.29) is 0 Å². The highest BCUT2D eigenvalue weighted by Gasteiger charge is 2.19. The number of furan rings is 1. The molecule has 2 nitrogen and oxygen atoms in total. The van der Waals surface area contributed by atoms with Crippen LogP contribution in [-0.2, 0) is 4.74 Å². The highest BCUT2D eigenvalue weighted by atomic mass is 79.9. The van der Waals surface area contributed by atoms with Gasteiger partial charge in [-0.25, -0.2) is 0 Å². The molecule has 1 saturated heterocycles. The summed E-state index contributed by atoms with van der Waals surface area (Å²) >= 11 is 3.47. The summed E-state index contributed by atoms with van der Waals surface area (Å²) in [6.07, 6.45) is 5.79. The average Bonchev–Trinajstić information content (AvgIpc) is 2.53. The van der Waals surface area contributed by atoms with Gasteiger partial charge >= 0.3 is 0 Å². The summed E-state index contributed by atoms with van der Waals surface area (Å²) in [7, 11) is 0. The molecule has 1 aliphatic rings. The predicted molar refractivity (Wildman–Crippen MR) is 49.2 cm³/mol. The summed E-state index contributed by atoms with van der Waals surface area (Å²) in [6, 6.07) is 0. The molecular formula is C9H11BrO2. The first-order chi connectivity index (χ1) is 5.88. The molecule has 2 rings (SSSR count). The Kier molecular flexibility index (Phi) is 2.51. The first-order valence-electron chi connectivity index (χ1n) is 4.17. The molecule has 0 amide bonds. The summed E-state index contributed by atoms with van der Waals surface area (Å²) in [5.41, 5.74) is 1.29. The van der Waals surface area contributed by atoms with Gasteiger partial charge in [0.05, 0.1) is 10.7 Å². The monoisotopic (exact) mass is 230 g/mol. The highest BCUT2D eigenvalue weighted by molar-refractivity contribution is 9.10. The zero-order valence-electron chi connectivity index (χ0n) is 6.75. The molecule has 1 fully saturated rings. The largest absolute Gasteiger partial charge is 0.471 e. The van der Waals surface area contributed by atoms with E-state index in [2.05, 4.69) is 15.9 Å². The number of hydrogen-bond donors (Lipinski definition) is 0. The molecule has 66 valence electrons. The predicted octanol–water partition coefficient (Wildman–Crippen LogP) is 2.94. The lowest BCUT2D eigenvalue weighted by atomic mass is 9.94. The summed E-state index contributed by atoms with van der Waals surface area (Å²) in [4.78, 5) is 0. The van der Waals surface area contributed by atoms with Crippen LogP contribution in [0.4, 0.5) is 0 Å². The van der Waals surface area contributed by atoms with Crippen molar-refractivity contribution in [2.24, 2.45) is 0 Å². The molecule has 0 radical (unpaired) electrons. The zero-order valence-corrected chi connectivity index (χ0v) is 8.34. The Morgan fingerprint density at radius 3 is 2.58 bits per heavy atom. The molecule has 2 heterocycles. The zero-order chi connectivity index (χ0) is 8.39. The van der Waals surface area contributed by atoms with Crippen molar-refractivity contribution < 1.29 is 9.15 Å². The van der Waals surface area contributed by atoms with E-state index < -0.39 is 0 Å².